The zero-order chi connectivity index (χ0) is 15.7. The van der Waals surface area contributed by atoms with Crippen LogP contribution in [0.15, 0.2) is 36.5 Å². The lowest BCUT2D eigenvalue weighted by Gasteiger charge is -2.06. The van der Waals surface area contributed by atoms with Gasteiger partial charge in [0, 0.05) is 17.5 Å². The van der Waals surface area contributed by atoms with E-state index in [2.05, 4.69) is 20.4 Å². The van der Waals surface area contributed by atoms with Gasteiger partial charge in [-0.1, -0.05) is 12.1 Å². The molecule has 2 aromatic heterocycles. The van der Waals surface area contributed by atoms with Crippen LogP contribution in [-0.4, -0.2) is 31.3 Å². The number of benzene rings is 1. The molecule has 1 aromatic carbocycles. The molecule has 7 nitrogen and oxygen atoms in total. The number of carbonyl (C=O) groups is 2. The Labute approximate surface area is 126 Å². The van der Waals surface area contributed by atoms with Crippen molar-refractivity contribution in [3.05, 3.63) is 53.6 Å². The number of rotatable bonds is 3. The van der Waals surface area contributed by atoms with Gasteiger partial charge in [0.1, 0.15) is 0 Å². The Balaban J connectivity index is 1.94. The van der Waals surface area contributed by atoms with Crippen LogP contribution in [0.1, 0.15) is 33.6 Å². The van der Waals surface area contributed by atoms with Crippen molar-refractivity contribution in [3.8, 4) is 0 Å². The number of ketones is 1. The topological polar surface area (TPSA) is 89.2 Å². The number of nitrogens with zero attached hydrogens (tertiary/aromatic N) is 4. The molecule has 0 radical (unpaired) electrons. The molecule has 3 rings (SSSR count). The Morgan fingerprint density at radius 3 is 2.68 bits per heavy atom. The second kappa shape index (κ2) is 5.36. The van der Waals surface area contributed by atoms with Crippen LogP contribution in [0.3, 0.4) is 0 Å². The molecule has 0 saturated carbocycles. The van der Waals surface area contributed by atoms with Crippen LogP contribution in [0.5, 0.6) is 0 Å². The molecular formula is C15H13N5O2. The third kappa shape index (κ3) is 2.44. The quantitative estimate of drug-likeness (QED) is 0.745. The third-order valence-electron chi connectivity index (χ3n) is 3.19. The van der Waals surface area contributed by atoms with E-state index in [0.717, 1.165) is 5.69 Å². The first-order chi connectivity index (χ1) is 10.6. The Bertz CT molecular complexity index is 885. The first-order valence-corrected chi connectivity index (χ1v) is 6.66. The molecule has 22 heavy (non-hydrogen) atoms. The number of hydrogen-bond donors (Lipinski definition) is 1. The Hall–Kier alpha value is -3.09. The van der Waals surface area contributed by atoms with E-state index >= 15 is 0 Å². The van der Waals surface area contributed by atoms with Gasteiger partial charge in [-0.25, -0.2) is 9.50 Å². The molecule has 0 atom stereocenters. The van der Waals surface area contributed by atoms with E-state index < -0.39 is 5.91 Å². The molecule has 0 aliphatic carbocycles. The molecule has 7 heteroatoms. The molecule has 110 valence electrons. The molecule has 0 fully saturated rings. The van der Waals surface area contributed by atoms with Crippen molar-refractivity contribution in [1.82, 2.24) is 19.6 Å². The van der Waals surface area contributed by atoms with Crippen LogP contribution < -0.4 is 5.32 Å². The first kappa shape index (κ1) is 13.9. The molecule has 3 aromatic rings. The number of Topliss-reactive ketones (excluding diaryl/α,β-unsaturated/α-hetero) is 1. The molecule has 0 aliphatic heterocycles. The van der Waals surface area contributed by atoms with Gasteiger partial charge in [0.25, 0.3) is 11.7 Å². The van der Waals surface area contributed by atoms with E-state index in [1.165, 1.54) is 11.4 Å². The van der Waals surface area contributed by atoms with Gasteiger partial charge in [-0.3, -0.25) is 9.59 Å². The van der Waals surface area contributed by atoms with Gasteiger partial charge in [-0.2, -0.15) is 4.98 Å². The number of carbonyl (C=O) groups excluding carboxylic acids is 2. The number of anilines is 1. The van der Waals surface area contributed by atoms with Crippen molar-refractivity contribution in [2.24, 2.45) is 0 Å². The van der Waals surface area contributed by atoms with Crippen molar-refractivity contribution >= 4 is 23.2 Å². The normalized spacial score (nSPS) is 10.6. The van der Waals surface area contributed by atoms with Crippen LogP contribution >= 0.6 is 0 Å². The molecule has 1 amide bonds. The van der Waals surface area contributed by atoms with E-state index in [9.17, 15) is 9.59 Å². The maximum absolute atomic E-state index is 12.3. The van der Waals surface area contributed by atoms with Crippen LogP contribution in [-0.2, 0) is 0 Å². The third-order valence-corrected chi connectivity index (χ3v) is 3.19. The second-order valence-electron chi connectivity index (χ2n) is 4.79. The molecular weight excluding hydrogens is 282 g/mol. The Kier molecular flexibility index (Phi) is 3.38. The largest absolute Gasteiger partial charge is 0.319 e. The van der Waals surface area contributed by atoms with Crippen LogP contribution in [0.4, 0.5) is 5.69 Å². The summed E-state index contributed by atoms with van der Waals surface area (Å²) in [7, 11) is 0. The van der Waals surface area contributed by atoms with Gasteiger partial charge in [-0.15, -0.1) is 5.10 Å². The first-order valence-electron chi connectivity index (χ1n) is 6.66. The van der Waals surface area contributed by atoms with Crippen molar-refractivity contribution in [2.75, 3.05) is 5.32 Å². The fourth-order valence-electron chi connectivity index (χ4n) is 2.08. The summed E-state index contributed by atoms with van der Waals surface area (Å²) in [6, 6.07) is 8.57. The van der Waals surface area contributed by atoms with Crippen LogP contribution in [0.2, 0.25) is 0 Å². The minimum atomic E-state index is -0.487. The molecule has 2 heterocycles. The van der Waals surface area contributed by atoms with Gasteiger partial charge in [0.15, 0.2) is 5.78 Å². The van der Waals surface area contributed by atoms with Crippen molar-refractivity contribution in [2.45, 2.75) is 13.8 Å². The van der Waals surface area contributed by atoms with E-state index in [0.29, 0.717) is 17.0 Å². The highest BCUT2D eigenvalue weighted by Crippen LogP contribution is 2.16. The average Bonchev–Trinajstić information content (AvgIpc) is 2.93. The summed E-state index contributed by atoms with van der Waals surface area (Å²) in [6.45, 7) is 3.29. The summed E-state index contributed by atoms with van der Waals surface area (Å²) in [4.78, 5) is 32.0. The van der Waals surface area contributed by atoms with Gasteiger partial charge in [-0.05, 0) is 32.0 Å². The maximum Gasteiger partial charge on any atom is 0.295 e. The standard InChI is InChI=1S/C15H13N5O2/c1-9-7-8-16-15-18-13(19-20(9)15)14(22)17-12-6-4-3-5-11(12)10(2)21/h3-8H,1-2H3,(H,17,22). The second-order valence-corrected chi connectivity index (χ2v) is 4.79. The summed E-state index contributed by atoms with van der Waals surface area (Å²) in [5.41, 5.74) is 1.69. The molecule has 0 spiro atoms. The fraction of sp³-hybridized carbons (Fsp3) is 0.133. The molecule has 0 saturated heterocycles. The van der Waals surface area contributed by atoms with Crippen molar-refractivity contribution in [3.63, 3.8) is 0 Å². The minimum absolute atomic E-state index is 0.000144. The zero-order valence-electron chi connectivity index (χ0n) is 12.1. The lowest BCUT2D eigenvalue weighted by Crippen LogP contribution is -2.16. The number of aryl methyl sites for hydroxylation is 1. The monoisotopic (exact) mass is 295 g/mol. The van der Waals surface area contributed by atoms with Gasteiger partial charge in [0.2, 0.25) is 5.82 Å². The lowest BCUT2D eigenvalue weighted by molar-refractivity contribution is 0.101. The van der Waals surface area contributed by atoms with Gasteiger partial charge < -0.3 is 5.32 Å². The van der Waals surface area contributed by atoms with Crippen molar-refractivity contribution in [1.29, 1.82) is 0 Å². The number of fused-ring (bicyclic) bond motifs is 1. The predicted molar refractivity (Wildman–Crippen MR) is 79.9 cm³/mol. The summed E-state index contributed by atoms with van der Waals surface area (Å²) in [6.07, 6.45) is 1.60. The predicted octanol–water partition coefficient (Wildman–Crippen LogP) is 1.89. The SMILES string of the molecule is CC(=O)c1ccccc1NC(=O)c1nc2nccc(C)n2n1. The smallest absolute Gasteiger partial charge is 0.295 e. The van der Waals surface area contributed by atoms with E-state index in [1.807, 2.05) is 6.92 Å². The van der Waals surface area contributed by atoms with E-state index in [1.54, 1.807) is 36.5 Å². The molecule has 1 N–H and O–H groups in total. The Morgan fingerprint density at radius 2 is 1.95 bits per heavy atom. The molecule has 0 unspecified atom stereocenters. The minimum Gasteiger partial charge on any atom is -0.319 e. The van der Waals surface area contributed by atoms with Gasteiger partial charge in [0.05, 0.1) is 5.69 Å². The molecule has 0 bridgehead atoms. The highest BCUT2D eigenvalue weighted by Gasteiger charge is 2.16. The van der Waals surface area contributed by atoms with Crippen LogP contribution in [0.25, 0.3) is 5.78 Å². The van der Waals surface area contributed by atoms with Crippen LogP contribution in [0, 0.1) is 6.92 Å². The number of nitrogens with one attached hydrogen (secondary N) is 1. The lowest BCUT2D eigenvalue weighted by atomic mass is 10.1. The van der Waals surface area contributed by atoms with Crippen molar-refractivity contribution < 1.29 is 9.59 Å². The summed E-state index contributed by atoms with van der Waals surface area (Å²) in [5, 5.41) is 6.79. The van der Waals surface area contributed by atoms with E-state index in [4.69, 9.17) is 0 Å². The number of amides is 1. The number of aromatic nitrogens is 4. The van der Waals surface area contributed by atoms with E-state index in [-0.39, 0.29) is 11.6 Å². The number of para-hydroxylation sites is 1. The summed E-state index contributed by atoms with van der Waals surface area (Å²) >= 11 is 0. The summed E-state index contributed by atoms with van der Waals surface area (Å²) < 4.78 is 1.49. The number of hydrogen-bond acceptors (Lipinski definition) is 5. The highest BCUT2D eigenvalue weighted by atomic mass is 16.2. The fourth-order valence-corrected chi connectivity index (χ4v) is 2.08. The summed E-state index contributed by atoms with van der Waals surface area (Å²) in [5.74, 6) is -0.264. The zero-order valence-corrected chi connectivity index (χ0v) is 12.1. The Morgan fingerprint density at radius 1 is 1.18 bits per heavy atom. The average molecular weight is 295 g/mol. The van der Waals surface area contributed by atoms with Gasteiger partial charge >= 0.3 is 0 Å². The highest BCUT2D eigenvalue weighted by molar-refractivity contribution is 6.07. The maximum atomic E-state index is 12.3. The molecule has 0 aliphatic rings.